The maximum Gasteiger partial charge on any atom is 0.164 e. The number of thiophene rings is 1. The quantitative estimate of drug-likeness (QED) is 0.161. The lowest BCUT2D eigenvalue weighted by atomic mass is 9.99. The molecule has 0 aliphatic rings. The molecular formula is C57H35N3OS. The molecule has 0 radical (unpaired) electrons. The number of rotatable bonds is 7. The average molecular weight is 821 g/mol. The summed E-state index contributed by atoms with van der Waals surface area (Å²) in [5.74, 6) is 0.394. The Morgan fingerprint density at radius 1 is 0.355 bits per heavy atom. The van der Waals surface area contributed by atoms with Gasteiger partial charge < -0.3 is 4.42 Å². The topological polar surface area (TPSA) is 51.8 Å². The van der Waals surface area contributed by atoms with E-state index >= 15 is 0 Å². The molecule has 0 aliphatic heterocycles. The van der Waals surface area contributed by atoms with Gasteiger partial charge in [-0.15, -0.1) is 11.3 Å². The highest BCUT2D eigenvalue weighted by Crippen LogP contribution is 2.43. The first kappa shape index (κ1) is 26.3. The van der Waals surface area contributed by atoms with Crippen LogP contribution in [-0.2, 0) is 0 Å². The third kappa shape index (κ3) is 6.26. The molecule has 0 spiro atoms. The van der Waals surface area contributed by atoms with Crippen LogP contribution in [0.1, 0.15) is 15.1 Å². The van der Waals surface area contributed by atoms with Crippen molar-refractivity contribution >= 4 is 53.4 Å². The second-order valence-corrected chi connectivity index (χ2v) is 15.7. The number of benzene rings is 9. The highest BCUT2D eigenvalue weighted by Gasteiger charge is 2.18. The SMILES string of the molecule is [2H]c1c([2H])c([2H])c(-c2c([2H])c([2H])c([2H])c3sc4c([2H])c(-c5nc(-c6ccc(-c7ccccc7)cc6)nc(-c6ccc(-c7cccc8c7oc7c(-c9ccccc9)cccc78)cc6)n5)c([2H])c([2H])c4c23)c([2H])c1[2H]. The Labute approximate surface area is 377 Å². The lowest BCUT2D eigenvalue weighted by Gasteiger charge is -2.10. The molecule has 290 valence electrons. The number of fused-ring (bicyclic) bond motifs is 6. The molecule has 12 rings (SSSR count). The van der Waals surface area contributed by atoms with Crippen LogP contribution < -0.4 is 0 Å². The summed E-state index contributed by atoms with van der Waals surface area (Å²) < 4.78 is 105. The Hall–Kier alpha value is -7.99. The van der Waals surface area contributed by atoms with E-state index in [0.29, 0.717) is 11.1 Å². The Morgan fingerprint density at radius 2 is 0.887 bits per heavy atom. The van der Waals surface area contributed by atoms with Crippen LogP contribution in [0.3, 0.4) is 0 Å². The fourth-order valence-corrected chi connectivity index (χ4v) is 9.02. The van der Waals surface area contributed by atoms with Gasteiger partial charge in [-0.25, -0.2) is 15.0 Å². The van der Waals surface area contributed by atoms with E-state index in [1.165, 1.54) is 0 Å². The van der Waals surface area contributed by atoms with Gasteiger partial charge in [0.2, 0.25) is 0 Å². The largest absolute Gasteiger partial charge is 0.455 e. The molecule has 0 bridgehead atoms. The lowest BCUT2D eigenvalue weighted by molar-refractivity contribution is 0.671. The van der Waals surface area contributed by atoms with E-state index in [1.807, 2.05) is 115 Å². The first-order valence-electron chi connectivity index (χ1n) is 25.4. The van der Waals surface area contributed by atoms with E-state index in [0.717, 1.165) is 66.7 Å². The molecule has 0 unspecified atom stereocenters. The molecule has 4 nitrogen and oxygen atoms in total. The standard InChI is InChI=1S/C57H35N3OS/c1-4-13-36(14-5-1)37-25-29-41(30-26-37)55-58-56(60-57(59-55)43-33-34-49-51(35-43)62-50-24-12-19-44(52(49)50)38-15-6-2-7-16-38)42-31-27-40(28-32-42)46-21-11-23-48-47-22-10-20-45(53(47)61-54(46)48)39-17-8-3-9-18-39/h1-35H/i2D,6D,7D,12D,15D,16D,19D,24D,33D,34D,35D. The Kier molecular flexibility index (Phi) is 6.32. The molecule has 0 aliphatic carbocycles. The summed E-state index contributed by atoms with van der Waals surface area (Å²) in [6, 6.07) is 41.7. The highest BCUT2D eigenvalue weighted by molar-refractivity contribution is 7.26. The van der Waals surface area contributed by atoms with Crippen LogP contribution in [-0.4, -0.2) is 15.0 Å². The molecule has 0 saturated carbocycles. The summed E-state index contributed by atoms with van der Waals surface area (Å²) in [5, 5.41) is 1.93. The van der Waals surface area contributed by atoms with Gasteiger partial charge in [0, 0.05) is 58.8 Å². The molecule has 0 N–H and O–H groups in total. The number of para-hydroxylation sites is 2. The number of nitrogens with zero attached hydrogens (tertiary/aromatic N) is 3. The van der Waals surface area contributed by atoms with Gasteiger partial charge in [0.25, 0.3) is 0 Å². The predicted octanol–water partition coefficient (Wildman–Crippen LogP) is 15.8. The van der Waals surface area contributed by atoms with Crippen LogP contribution in [0.15, 0.2) is 216 Å². The number of hydrogen-bond donors (Lipinski definition) is 0. The van der Waals surface area contributed by atoms with Gasteiger partial charge in [-0.1, -0.05) is 200 Å². The highest BCUT2D eigenvalue weighted by atomic mass is 32.1. The smallest absolute Gasteiger partial charge is 0.164 e. The van der Waals surface area contributed by atoms with E-state index in [2.05, 4.69) is 30.3 Å². The maximum absolute atomic E-state index is 9.73. The van der Waals surface area contributed by atoms with Crippen molar-refractivity contribution in [1.29, 1.82) is 0 Å². The molecule has 3 heterocycles. The monoisotopic (exact) mass is 820 g/mol. The van der Waals surface area contributed by atoms with Gasteiger partial charge in [-0.05, 0) is 45.5 Å². The molecule has 5 heteroatoms. The minimum atomic E-state index is -0.660. The van der Waals surface area contributed by atoms with Gasteiger partial charge in [-0.3, -0.25) is 0 Å². The van der Waals surface area contributed by atoms with Crippen molar-refractivity contribution in [3.8, 4) is 78.7 Å². The van der Waals surface area contributed by atoms with Crippen molar-refractivity contribution in [2.45, 2.75) is 0 Å². The van der Waals surface area contributed by atoms with E-state index in [1.54, 1.807) is 0 Å². The van der Waals surface area contributed by atoms with E-state index < -0.39 is 60.4 Å². The van der Waals surface area contributed by atoms with Crippen molar-refractivity contribution in [2.75, 3.05) is 0 Å². The first-order valence-corrected chi connectivity index (χ1v) is 20.7. The summed E-state index contributed by atoms with van der Waals surface area (Å²) in [5.41, 5.74) is 7.78. The molecule has 3 aromatic heterocycles. The summed E-state index contributed by atoms with van der Waals surface area (Å²) in [4.78, 5) is 14.7. The number of furan rings is 1. The number of hydrogen-bond acceptors (Lipinski definition) is 5. The van der Waals surface area contributed by atoms with E-state index in [-0.39, 0.29) is 60.4 Å². The minimum absolute atomic E-state index is 0.0197. The van der Waals surface area contributed by atoms with Gasteiger partial charge in [0.15, 0.2) is 17.5 Å². The van der Waals surface area contributed by atoms with Crippen LogP contribution in [0, 0.1) is 0 Å². The Morgan fingerprint density at radius 3 is 1.52 bits per heavy atom. The van der Waals surface area contributed by atoms with Crippen molar-refractivity contribution in [2.24, 2.45) is 0 Å². The zero-order chi connectivity index (χ0) is 50.6. The van der Waals surface area contributed by atoms with Gasteiger partial charge in [-0.2, -0.15) is 0 Å². The van der Waals surface area contributed by atoms with Crippen LogP contribution >= 0.6 is 11.3 Å². The zero-order valence-electron chi connectivity index (χ0n) is 43.5. The third-order valence-corrected chi connectivity index (χ3v) is 12.0. The minimum Gasteiger partial charge on any atom is -0.455 e. The van der Waals surface area contributed by atoms with Crippen LogP contribution in [0.4, 0.5) is 0 Å². The zero-order valence-corrected chi connectivity index (χ0v) is 33.3. The van der Waals surface area contributed by atoms with Crippen molar-refractivity contribution in [1.82, 2.24) is 15.0 Å². The van der Waals surface area contributed by atoms with Gasteiger partial charge in [0.1, 0.15) is 11.2 Å². The lowest BCUT2D eigenvalue weighted by Crippen LogP contribution is -2.00. The van der Waals surface area contributed by atoms with Gasteiger partial charge in [0.05, 0.1) is 15.1 Å². The summed E-state index contributed by atoms with van der Waals surface area (Å²) in [6.45, 7) is 0. The van der Waals surface area contributed by atoms with Crippen LogP contribution in [0.25, 0.3) is 121 Å². The van der Waals surface area contributed by atoms with Crippen molar-refractivity contribution in [3.05, 3.63) is 212 Å². The maximum atomic E-state index is 9.73. The van der Waals surface area contributed by atoms with Crippen LogP contribution in [0.5, 0.6) is 0 Å². The molecule has 0 atom stereocenters. The normalized spacial score (nSPS) is 14.0. The van der Waals surface area contributed by atoms with E-state index in [4.69, 9.17) is 30.3 Å². The second kappa shape index (κ2) is 14.9. The van der Waals surface area contributed by atoms with Gasteiger partial charge >= 0.3 is 0 Å². The third-order valence-electron chi connectivity index (χ3n) is 11.0. The molecule has 12 aromatic rings. The Bertz CT molecular complexity index is 4230. The second-order valence-electron chi connectivity index (χ2n) is 14.7. The molecule has 0 fully saturated rings. The first-order chi connectivity index (χ1) is 35.3. The van der Waals surface area contributed by atoms with E-state index in [9.17, 15) is 4.11 Å². The summed E-state index contributed by atoms with van der Waals surface area (Å²) in [7, 11) is 0. The predicted molar refractivity (Wildman–Crippen MR) is 258 cm³/mol. The molecule has 9 aromatic carbocycles. The molecule has 0 amide bonds. The average Bonchev–Trinajstić information content (AvgIpc) is 4.02. The number of aromatic nitrogens is 3. The van der Waals surface area contributed by atoms with Crippen molar-refractivity contribution < 1.29 is 19.5 Å². The molecule has 0 saturated heterocycles. The fraction of sp³-hybridized carbons (Fsp3) is 0. The van der Waals surface area contributed by atoms with Crippen molar-refractivity contribution in [3.63, 3.8) is 0 Å². The summed E-state index contributed by atoms with van der Waals surface area (Å²) >= 11 is 0.889. The molecule has 62 heavy (non-hydrogen) atoms. The fourth-order valence-electron chi connectivity index (χ4n) is 8.00. The molecular weight excluding hydrogens is 775 g/mol. The Balaban J connectivity index is 1.04. The van der Waals surface area contributed by atoms with Crippen LogP contribution in [0.2, 0.25) is 0 Å². The summed E-state index contributed by atoms with van der Waals surface area (Å²) in [6.07, 6.45) is 0.